The molecular weight excluding hydrogens is 224 g/mol. The van der Waals surface area contributed by atoms with Gasteiger partial charge >= 0.3 is 5.97 Å². The minimum Gasteiger partial charge on any atom is -0.462 e. The number of nitrogens with zero attached hydrogens (tertiary/aromatic N) is 2. The maximum Gasteiger partial charge on any atom is 0.341 e. The maximum absolute atomic E-state index is 11.3. The van der Waals surface area contributed by atoms with Gasteiger partial charge in [0.1, 0.15) is 0 Å². The largest absolute Gasteiger partial charge is 0.462 e. The monoisotopic (exact) mass is 234 g/mol. The van der Waals surface area contributed by atoms with E-state index in [1.165, 1.54) is 12.4 Å². The standard InChI is InChI=1S/C11H10N2O2S/c1-2-15-11(14)9-5-12-10(13-6-9)8-3-4-16-7-8/h3-7H,2H2,1H3. The van der Waals surface area contributed by atoms with Crippen LogP contribution in [0.15, 0.2) is 29.2 Å². The number of hydrogen-bond acceptors (Lipinski definition) is 5. The molecule has 82 valence electrons. The molecule has 2 rings (SSSR count). The summed E-state index contributed by atoms with van der Waals surface area (Å²) in [5, 5.41) is 3.91. The van der Waals surface area contributed by atoms with Crippen molar-refractivity contribution in [2.75, 3.05) is 6.61 Å². The molecule has 4 nitrogen and oxygen atoms in total. The fraction of sp³-hybridized carbons (Fsp3) is 0.182. The van der Waals surface area contributed by atoms with Gasteiger partial charge in [0.05, 0.1) is 12.2 Å². The predicted octanol–water partition coefficient (Wildman–Crippen LogP) is 2.38. The Hall–Kier alpha value is -1.75. The van der Waals surface area contributed by atoms with Gasteiger partial charge in [0.2, 0.25) is 0 Å². The van der Waals surface area contributed by atoms with Gasteiger partial charge in [-0.15, -0.1) is 0 Å². The third kappa shape index (κ3) is 2.25. The van der Waals surface area contributed by atoms with Crippen molar-refractivity contribution in [3.05, 3.63) is 34.8 Å². The molecule has 5 heteroatoms. The molecule has 0 radical (unpaired) electrons. The molecule has 0 atom stereocenters. The second-order valence-electron chi connectivity index (χ2n) is 3.03. The molecule has 0 aliphatic carbocycles. The van der Waals surface area contributed by atoms with Crippen molar-refractivity contribution < 1.29 is 9.53 Å². The van der Waals surface area contributed by atoms with Crippen molar-refractivity contribution in [1.82, 2.24) is 9.97 Å². The molecule has 0 aliphatic rings. The highest BCUT2D eigenvalue weighted by Crippen LogP contribution is 2.17. The number of hydrogen-bond donors (Lipinski definition) is 0. The molecule has 0 N–H and O–H groups in total. The Morgan fingerprint density at radius 2 is 2.19 bits per heavy atom. The zero-order valence-corrected chi connectivity index (χ0v) is 9.53. The molecule has 16 heavy (non-hydrogen) atoms. The van der Waals surface area contributed by atoms with Crippen LogP contribution in [0.1, 0.15) is 17.3 Å². The Balaban J connectivity index is 2.20. The van der Waals surface area contributed by atoms with E-state index in [2.05, 4.69) is 9.97 Å². The summed E-state index contributed by atoms with van der Waals surface area (Å²) in [6, 6.07) is 1.93. The summed E-state index contributed by atoms with van der Waals surface area (Å²) in [6.45, 7) is 2.11. The van der Waals surface area contributed by atoms with E-state index in [9.17, 15) is 4.79 Å². The number of rotatable bonds is 3. The molecule has 0 saturated carbocycles. The topological polar surface area (TPSA) is 52.1 Å². The summed E-state index contributed by atoms with van der Waals surface area (Å²) >= 11 is 1.58. The molecule has 0 fully saturated rings. The molecule has 0 aromatic carbocycles. The molecule has 2 heterocycles. The molecule has 2 aromatic rings. The highest BCUT2D eigenvalue weighted by molar-refractivity contribution is 7.08. The quantitative estimate of drug-likeness (QED) is 0.765. The molecule has 0 unspecified atom stereocenters. The summed E-state index contributed by atoms with van der Waals surface area (Å²) in [7, 11) is 0. The number of thiophene rings is 1. The lowest BCUT2D eigenvalue weighted by Crippen LogP contribution is -2.05. The van der Waals surface area contributed by atoms with Gasteiger partial charge in [0.25, 0.3) is 0 Å². The van der Waals surface area contributed by atoms with Crippen LogP contribution in [0.3, 0.4) is 0 Å². The predicted molar refractivity (Wildman–Crippen MR) is 61.3 cm³/mol. The lowest BCUT2D eigenvalue weighted by molar-refractivity contribution is 0.0525. The third-order valence-corrected chi connectivity index (χ3v) is 2.63. The van der Waals surface area contributed by atoms with E-state index in [0.717, 1.165) is 5.56 Å². The number of carbonyl (C=O) groups excluding carboxylic acids is 1. The summed E-state index contributed by atoms with van der Waals surface area (Å²) in [5.41, 5.74) is 1.33. The smallest absolute Gasteiger partial charge is 0.341 e. The van der Waals surface area contributed by atoms with Gasteiger partial charge in [-0.3, -0.25) is 0 Å². The number of esters is 1. The highest BCUT2D eigenvalue weighted by Gasteiger charge is 2.08. The van der Waals surface area contributed by atoms with E-state index >= 15 is 0 Å². The van der Waals surface area contributed by atoms with Gasteiger partial charge in [-0.2, -0.15) is 11.3 Å². The van der Waals surface area contributed by atoms with Gasteiger partial charge in [0.15, 0.2) is 5.82 Å². The minimum atomic E-state index is -0.389. The van der Waals surface area contributed by atoms with Crippen LogP contribution in [0, 0.1) is 0 Å². The average Bonchev–Trinajstić information content (AvgIpc) is 2.83. The van der Waals surface area contributed by atoms with Crippen molar-refractivity contribution in [2.24, 2.45) is 0 Å². The minimum absolute atomic E-state index is 0.352. The van der Waals surface area contributed by atoms with Crippen molar-refractivity contribution in [3.63, 3.8) is 0 Å². The van der Waals surface area contributed by atoms with Crippen LogP contribution in [0.2, 0.25) is 0 Å². The van der Waals surface area contributed by atoms with Crippen LogP contribution in [-0.2, 0) is 4.74 Å². The van der Waals surface area contributed by atoms with Gasteiger partial charge in [0, 0.05) is 23.3 Å². The zero-order valence-electron chi connectivity index (χ0n) is 8.71. The molecule has 0 saturated heterocycles. The number of aromatic nitrogens is 2. The lowest BCUT2D eigenvalue weighted by Gasteiger charge is -2.01. The number of ether oxygens (including phenoxy) is 1. The molecule has 0 bridgehead atoms. The van der Waals surface area contributed by atoms with Crippen LogP contribution in [0.25, 0.3) is 11.4 Å². The third-order valence-electron chi connectivity index (χ3n) is 1.94. The van der Waals surface area contributed by atoms with Crippen molar-refractivity contribution in [1.29, 1.82) is 0 Å². The average molecular weight is 234 g/mol. The van der Waals surface area contributed by atoms with Crippen LogP contribution in [0.4, 0.5) is 0 Å². The van der Waals surface area contributed by atoms with E-state index in [0.29, 0.717) is 18.0 Å². The maximum atomic E-state index is 11.3. The fourth-order valence-corrected chi connectivity index (χ4v) is 1.82. The van der Waals surface area contributed by atoms with E-state index in [-0.39, 0.29) is 5.97 Å². The van der Waals surface area contributed by atoms with Crippen molar-refractivity contribution in [3.8, 4) is 11.4 Å². The second kappa shape index (κ2) is 4.85. The Morgan fingerprint density at radius 3 is 2.75 bits per heavy atom. The molecule has 0 spiro atoms. The first-order chi connectivity index (χ1) is 7.81. The Bertz CT molecular complexity index is 465. The van der Waals surface area contributed by atoms with Crippen molar-refractivity contribution in [2.45, 2.75) is 6.92 Å². The SMILES string of the molecule is CCOC(=O)c1cnc(-c2ccsc2)nc1. The Labute approximate surface area is 96.9 Å². The van der Waals surface area contributed by atoms with Crippen LogP contribution in [-0.4, -0.2) is 22.5 Å². The van der Waals surface area contributed by atoms with E-state index in [1.807, 2.05) is 16.8 Å². The first-order valence-corrected chi connectivity index (χ1v) is 5.77. The summed E-state index contributed by atoms with van der Waals surface area (Å²) < 4.78 is 4.84. The first-order valence-electron chi connectivity index (χ1n) is 4.83. The van der Waals surface area contributed by atoms with Crippen molar-refractivity contribution >= 4 is 17.3 Å². The van der Waals surface area contributed by atoms with Gasteiger partial charge in [-0.1, -0.05) is 0 Å². The normalized spacial score (nSPS) is 10.1. The van der Waals surface area contributed by atoms with Crippen LogP contribution < -0.4 is 0 Å². The summed E-state index contributed by atoms with van der Waals surface area (Å²) in [4.78, 5) is 19.6. The molecule has 0 aliphatic heterocycles. The zero-order chi connectivity index (χ0) is 11.4. The van der Waals surface area contributed by atoms with Gasteiger partial charge in [-0.05, 0) is 18.4 Å². The van der Waals surface area contributed by atoms with E-state index in [4.69, 9.17) is 4.74 Å². The van der Waals surface area contributed by atoms with Crippen LogP contribution >= 0.6 is 11.3 Å². The van der Waals surface area contributed by atoms with Gasteiger partial charge in [-0.25, -0.2) is 14.8 Å². The number of carbonyl (C=O) groups is 1. The van der Waals surface area contributed by atoms with Crippen LogP contribution in [0.5, 0.6) is 0 Å². The Morgan fingerprint density at radius 1 is 1.44 bits per heavy atom. The molecular formula is C11H10N2O2S. The molecule has 2 aromatic heterocycles. The Kier molecular flexibility index (Phi) is 3.26. The van der Waals surface area contributed by atoms with Gasteiger partial charge < -0.3 is 4.74 Å². The van der Waals surface area contributed by atoms with E-state index in [1.54, 1.807) is 18.3 Å². The summed E-state index contributed by atoms with van der Waals surface area (Å²) in [5.74, 6) is 0.230. The fourth-order valence-electron chi connectivity index (χ4n) is 1.19. The second-order valence-corrected chi connectivity index (χ2v) is 3.81. The first kappa shape index (κ1) is 10.8. The highest BCUT2D eigenvalue weighted by atomic mass is 32.1. The lowest BCUT2D eigenvalue weighted by atomic mass is 10.3. The van der Waals surface area contributed by atoms with E-state index < -0.39 is 0 Å². The molecule has 0 amide bonds. The summed E-state index contributed by atoms with van der Waals surface area (Å²) in [6.07, 6.45) is 2.97.